The smallest absolute Gasteiger partial charge is 0.0645 e. The number of para-hydroxylation sites is 1. The zero-order valence-corrected chi connectivity index (χ0v) is 6.51. The van der Waals surface area contributed by atoms with E-state index in [-0.39, 0.29) is 0 Å². The molecule has 0 saturated heterocycles. The van der Waals surface area contributed by atoms with Gasteiger partial charge in [-0.1, -0.05) is 18.2 Å². The maximum Gasteiger partial charge on any atom is 0.0645 e. The fourth-order valence-electron chi connectivity index (χ4n) is 1.02. The molecule has 0 bridgehead atoms. The van der Waals surface area contributed by atoms with Crippen LogP contribution >= 0.6 is 0 Å². The topological polar surface area (TPSA) is 17.3 Å². The van der Waals surface area contributed by atoms with Gasteiger partial charge in [-0.15, -0.1) is 0 Å². The lowest BCUT2D eigenvalue weighted by Gasteiger charge is -2.18. The molecule has 0 N–H and O–H groups in total. The Labute approximate surface area is 71.8 Å². The Balaban J connectivity index is 2.21. The van der Waals surface area contributed by atoms with E-state index in [9.17, 15) is 0 Å². The summed E-state index contributed by atoms with van der Waals surface area (Å²) in [4.78, 5) is 0. The van der Waals surface area contributed by atoms with Crippen molar-refractivity contribution in [1.29, 1.82) is 0 Å². The van der Waals surface area contributed by atoms with Crippen LogP contribution in [0.5, 0.6) is 0 Å². The van der Waals surface area contributed by atoms with Gasteiger partial charge < -0.3 is 0 Å². The molecule has 0 amide bonds. The first-order chi connectivity index (χ1) is 5.97. The third kappa shape index (κ3) is 1.32. The van der Waals surface area contributed by atoms with Gasteiger partial charge in [0.05, 0.1) is 5.69 Å². The molecule has 0 spiro atoms. The first kappa shape index (κ1) is 6.98. The Bertz CT molecular complexity index is 301. The van der Waals surface area contributed by atoms with Crippen molar-refractivity contribution in [1.82, 2.24) is 5.43 Å². The van der Waals surface area contributed by atoms with Gasteiger partial charge in [-0.05, 0) is 18.2 Å². The summed E-state index contributed by atoms with van der Waals surface area (Å²) in [6.45, 7) is 0. The zero-order valence-electron chi connectivity index (χ0n) is 6.51. The number of rotatable bonds is 1. The Morgan fingerprint density at radius 1 is 1.17 bits per heavy atom. The fourth-order valence-corrected chi connectivity index (χ4v) is 1.02. The van der Waals surface area contributed by atoms with Gasteiger partial charge in [0.1, 0.15) is 0 Å². The van der Waals surface area contributed by atoms with Gasteiger partial charge in [0.2, 0.25) is 0 Å². The molecule has 1 aliphatic heterocycles. The molecule has 0 aromatic heterocycles. The summed E-state index contributed by atoms with van der Waals surface area (Å²) in [5, 5.41) is 1.78. The van der Waals surface area contributed by atoms with E-state index in [1.165, 1.54) is 0 Å². The van der Waals surface area contributed by atoms with Crippen molar-refractivity contribution in [2.75, 3.05) is 5.01 Å². The van der Waals surface area contributed by atoms with Crippen LogP contribution in [0.1, 0.15) is 0 Å². The average Bonchev–Trinajstić information content (AvgIpc) is 2.21. The van der Waals surface area contributed by atoms with Crippen LogP contribution in [0.25, 0.3) is 0 Å². The van der Waals surface area contributed by atoms with E-state index in [1.807, 2.05) is 30.3 Å². The minimum Gasteiger partial charge on any atom is -0.240 e. The molecule has 2 radical (unpaired) electrons. The van der Waals surface area contributed by atoms with E-state index in [1.54, 1.807) is 23.5 Å². The largest absolute Gasteiger partial charge is 0.240 e. The van der Waals surface area contributed by atoms with E-state index >= 15 is 0 Å². The molecule has 2 rings (SSSR count). The third-order valence-electron chi connectivity index (χ3n) is 1.58. The van der Waals surface area contributed by atoms with Crippen molar-refractivity contribution in [3.63, 3.8) is 0 Å². The Morgan fingerprint density at radius 2 is 2.00 bits per heavy atom. The fraction of sp³-hybridized carbons (Fsp3) is 0. The molecular weight excluding hydrogens is 148 g/mol. The average molecular weight is 156 g/mol. The second kappa shape index (κ2) is 3.13. The maximum absolute atomic E-state index is 4.13. The van der Waals surface area contributed by atoms with Crippen LogP contribution in [-0.4, -0.2) is 0 Å². The summed E-state index contributed by atoms with van der Waals surface area (Å²) < 4.78 is 0. The number of hydrogen-bond donors (Lipinski definition) is 0. The van der Waals surface area contributed by atoms with Crippen LogP contribution in [0.4, 0.5) is 5.69 Å². The molecule has 2 heteroatoms. The predicted octanol–water partition coefficient (Wildman–Crippen LogP) is 1.86. The summed E-state index contributed by atoms with van der Waals surface area (Å²) in [6.07, 6.45) is 8.25. The van der Waals surface area contributed by atoms with Crippen molar-refractivity contribution < 1.29 is 0 Å². The Kier molecular flexibility index (Phi) is 1.82. The van der Waals surface area contributed by atoms with Crippen molar-refractivity contribution >= 4 is 5.69 Å². The summed E-state index contributed by atoms with van der Waals surface area (Å²) in [5.74, 6) is 0. The van der Waals surface area contributed by atoms with Crippen LogP contribution in [0.3, 0.4) is 0 Å². The summed E-state index contributed by atoms with van der Waals surface area (Å²) >= 11 is 0. The van der Waals surface area contributed by atoms with Crippen LogP contribution in [0.2, 0.25) is 0 Å². The van der Waals surface area contributed by atoms with E-state index in [0.717, 1.165) is 5.69 Å². The van der Waals surface area contributed by atoms with Crippen LogP contribution < -0.4 is 10.4 Å². The molecule has 1 aromatic carbocycles. The molecule has 1 aromatic rings. The highest BCUT2D eigenvalue weighted by atomic mass is 15.5. The number of hydrogen-bond acceptors (Lipinski definition) is 1. The highest BCUT2D eigenvalue weighted by molar-refractivity contribution is 5.48. The maximum atomic E-state index is 4.13. The van der Waals surface area contributed by atoms with Gasteiger partial charge in [-0.25, -0.2) is 5.01 Å². The Hall–Kier alpha value is -1.70. The first-order valence-corrected chi connectivity index (χ1v) is 3.76. The SMILES string of the molecule is [C]1=CN(c2ccccc2)[N]C=C1. The van der Waals surface area contributed by atoms with Crippen molar-refractivity contribution in [3.05, 3.63) is 54.9 Å². The van der Waals surface area contributed by atoms with Crippen molar-refractivity contribution in [2.24, 2.45) is 0 Å². The van der Waals surface area contributed by atoms with Gasteiger partial charge in [-0.3, -0.25) is 0 Å². The molecule has 1 heterocycles. The van der Waals surface area contributed by atoms with Gasteiger partial charge in [0, 0.05) is 18.5 Å². The standard InChI is InChI=1S/C10H8N2/c1-2-6-10(7-3-1)12-9-5-4-8-11-12/h1-4,6-9H. The summed E-state index contributed by atoms with van der Waals surface area (Å²) in [6, 6.07) is 9.95. The molecule has 2 nitrogen and oxygen atoms in total. The van der Waals surface area contributed by atoms with Gasteiger partial charge in [0.15, 0.2) is 0 Å². The zero-order chi connectivity index (χ0) is 8.23. The van der Waals surface area contributed by atoms with E-state index in [2.05, 4.69) is 11.5 Å². The number of benzene rings is 1. The van der Waals surface area contributed by atoms with Crippen molar-refractivity contribution in [3.8, 4) is 0 Å². The van der Waals surface area contributed by atoms with Crippen LogP contribution in [-0.2, 0) is 0 Å². The van der Waals surface area contributed by atoms with Crippen molar-refractivity contribution in [2.45, 2.75) is 0 Å². The lowest BCUT2D eigenvalue weighted by molar-refractivity contribution is 0.847. The second-order valence-electron chi connectivity index (χ2n) is 2.41. The monoisotopic (exact) mass is 156 g/mol. The number of anilines is 1. The molecule has 0 fully saturated rings. The molecule has 0 unspecified atom stereocenters. The second-order valence-corrected chi connectivity index (χ2v) is 2.41. The lowest BCUT2D eigenvalue weighted by atomic mass is 10.3. The van der Waals surface area contributed by atoms with Gasteiger partial charge >= 0.3 is 0 Å². The van der Waals surface area contributed by atoms with Crippen LogP contribution in [0, 0.1) is 6.08 Å². The molecular formula is C10H8N2. The van der Waals surface area contributed by atoms with Gasteiger partial charge in [-0.2, -0.15) is 5.43 Å². The number of allylic oxidation sites excluding steroid dienone is 2. The first-order valence-electron chi connectivity index (χ1n) is 3.76. The molecule has 12 heavy (non-hydrogen) atoms. The molecule has 0 saturated carbocycles. The van der Waals surface area contributed by atoms with E-state index in [4.69, 9.17) is 0 Å². The Morgan fingerprint density at radius 3 is 2.67 bits per heavy atom. The summed E-state index contributed by atoms with van der Waals surface area (Å²) in [5.41, 5.74) is 5.18. The minimum absolute atomic E-state index is 1.05. The molecule has 0 aliphatic carbocycles. The normalized spacial score (nSPS) is 14.5. The highest BCUT2D eigenvalue weighted by Gasteiger charge is 2.01. The van der Waals surface area contributed by atoms with E-state index < -0.39 is 0 Å². The molecule has 0 atom stereocenters. The van der Waals surface area contributed by atoms with Crippen LogP contribution in [0.15, 0.2) is 48.8 Å². The van der Waals surface area contributed by atoms with Gasteiger partial charge in [0.25, 0.3) is 0 Å². The molecule has 58 valence electrons. The van der Waals surface area contributed by atoms with E-state index in [0.29, 0.717) is 0 Å². The minimum atomic E-state index is 1.05. The lowest BCUT2D eigenvalue weighted by Crippen LogP contribution is -2.23. The predicted molar refractivity (Wildman–Crippen MR) is 48.0 cm³/mol. The quantitative estimate of drug-likeness (QED) is 0.606. The molecule has 1 aliphatic rings. The number of nitrogens with zero attached hydrogens (tertiary/aromatic N) is 2. The highest BCUT2D eigenvalue weighted by Crippen LogP contribution is 2.12. The summed E-state index contributed by atoms with van der Waals surface area (Å²) in [7, 11) is 0. The third-order valence-corrected chi connectivity index (χ3v) is 1.58.